The Balaban J connectivity index is 1.63. The van der Waals surface area contributed by atoms with Gasteiger partial charge in [-0.15, -0.1) is 10.2 Å². The summed E-state index contributed by atoms with van der Waals surface area (Å²) in [6, 6.07) is 0.128. The first kappa shape index (κ1) is 13.2. The highest BCUT2D eigenvalue weighted by atomic mass is 32.1. The molecule has 0 bridgehead atoms. The van der Waals surface area contributed by atoms with Crippen molar-refractivity contribution >= 4 is 16.5 Å². The van der Waals surface area contributed by atoms with Gasteiger partial charge in [-0.3, -0.25) is 0 Å². The highest BCUT2D eigenvalue weighted by Crippen LogP contribution is 2.43. The van der Waals surface area contributed by atoms with Crippen LogP contribution in [0.1, 0.15) is 42.7 Å². The largest absolute Gasteiger partial charge is 0.339 e. The molecule has 112 valence electrons. The van der Waals surface area contributed by atoms with Crippen LogP contribution in [0.5, 0.6) is 0 Å². The summed E-state index contributed by atoms with van der Waals surface area (Å²) >= 11 is 1.76. The topological polar surface area (TPSA) is 72.9 Å². The molecule has 0 saturated carbocycles. The van der Waals surface area contributed by atoms with E-state index in [1.807, 2.05) is 0 Å². The highest BCUT2D eigenvalue weighted by Gasteiger charge is 2.34. The molecule has 2 aromatic rings. The fourth-order valence-corrected chi connectivity index (χ4v) is 4.45. The number of hydrogen-bond donors (Lipinski definition) is 1. The fraction of sp³-hybridized carbons (Fsp3) is 0.643. The maximum Gasteiger partial charge on any atom is 0.186 e. The summed E-state index contributed by atoms with van der Waals surface area (Å²) in [5, 5.41) is 9.24. The van der Waals surface area contributed by atoms with Gasteiger partial charge in [0, 0.05) is 24.0 Å². The number of hydrogen-bond acceptors (Lipinski definition) is 6. The van der Waals surface area contributed by atoms with Gasteiger partial charge in [0.15, 0.2) is 11.0 Å². The van der Waals surface area contributed by atoms with E-state index < -0.39 is 0 Å². The number of nitrogens with zero attached hydrogens (tertiary/aromatic N) is 5. The van der Waals surface area contributed by atoms with E-state index in [0.717, 1.165) is 43.4 Å². The van der Waals surface area contributed by atoms with Crippen molar-refractivity contribution in [3.63, 3.8) is 0 Å². The van der Waals surface area contributed by atoms with Crippen LogP contribution < -0.4 is 10.6 Å². The summed E-state index contributed by atoms with van der Waals surface area (Å²) in [4.78, 5) is 8.46. The molecule has 1 atom stereocenters. The number of thiazole rings is 1. The van der Waals surface area contributed by atoms with Gasteiger partial charge in [0.2, 0.25) is 0 Å². The summed E-state index contributed by atoms with van der Waals surface area (Å²) in [5.41, 5.74) is 7.80. The zero-order valence-electron chi connectivity index (χ0n) is 12.4. The van der Waals surface area contributed by atoms with Crippen molar-refractivity contribution in [3.8, 4) is 0 Å². The molecule has 4 rings (SSSR count). The van der Waals surface area contributed by atoms with Crippen LogP contribution in [0.4, 0.5) is 5.13 Å². The predicted molar refractivity (Wildman–Crippen MR) is 82.2 cm³/mol. The van der Waals surface area contributed by atoms with E-state index >= 15 is 0 Å². The Kier molecular flexibility index (Phi) is 2.84. The first-order valence-electron chi connectivity index (χ1n) is 7.39. The number of rotatable bonds is 1. The van der Waals surface area contributed by atoms with Gasteiger partial charge in [-0.05, 0) is 18.3 Å². The van der Waals surface area contributed by atoms with Crippen molar-refractivity contribution in [3.05, 3.63) is 22.7 Å². The first-order valence-corrected chi connectivity index (χ1v) is 8.20. The zero-order valence-corrected chi connectivity index (χ0v) is 13.2. The molecule has 0 amide bonds. The van der Waals surface area contributed by atoms with Gasteiger partial charge in [0.05, 0.1) is 12.2 Å². The smallest absolute Gasteiger partial charge is 0.186 e. The second-order valence-corrected chi connectivity index (χ2v) is 7.83. The van der Waals surface area contributed by atoms with Gasteiger partial charge in [0.1, 0.15) is 6.33 Å². The first-order chi connectivity index (χ1) is 10.0. The Morgan fingerprint density at radius 2 is 2.24 bits per heavy atom. The average Bonchev–Trinajstić information content (AvgIpc) is 3.01. The van der Waals surface area contributed by atoms with E-state index in [-0.39, 0.29) is 11.5 Å². The molecule has 3 heterocycles. The fourth-order valence-electron chi connectivity index (χ4n) is 3.35. The second kappa shape index (κ2) is 4.51. The van der Waals surface area contributed by atoms with Gasteiger partial charge in [0.25, 0.3) is 0 Å². The lowest BCUT2D eigenvalue weighted by Crippen LogP contribution is -2.33. The quantitative estimate of drug-likeness (QED) is 0.868. The van der Waals surface area contributed by atoms with Crippen molar-refractivity contribution < 1.29 is 0 Å². The third-order valence-corrected chi connectivity index (χ3v) is 5.67. The van der Waals surface area contributed by atoms with Gasteiger partial charge < -0.3 is 15.2 Å². The third kappa shape index (κ3) is 2.24. The number of fused-ring (bicyclic) bond motifs is 2. The number of aromatic nitrogens is 4. The molecule has 0 fully saturated rings. The molecular formula is C14H20N6S. The Bertz CT molecular complexity index is 673. The van der Waals surface area contributed by atoms with Crippen molar-refractivity contribution in [1.82, 2.24) is 19.7 Å². The highest BCUT2D eigenvalue weighted by molar-refractivity contribution is 7.15. The minimum absolute atomic E-state index is 0.128. The lowest BCUT2D eigenvalue weighted by molar-refractivity contribution is 0.282. The van der Waals surface area contributed by atoms with Crippen LogP contribution in [0.3, 0.4) is 0 Å². The molecule has 7 heteroatoms. The zero-order chi connectivity index (χ0) is 14.6. The van der Waals surface area contributed by atoms with Crippen LogP contribution in [0.15, 0.2) is 6.33 Å². The number of anilines is 1. The summed E-state index contributed by atoms with van der Waals surface area (Å²) in [7, 11) is 0. The molecule has 1 aliphatic heterocycles. The SMILES string of the molecule is CC1(C)Cc2nc(N3CCn4cnnc4C3)sc2C(N)C1. The van der Waals surface area contributed by atoms with Crippen LogP contribution in [0, 0.1) is 5.41 Å². The van der Waals surface area contributed by atoms with Gasteiger partial charge in [-0.25, -0.2) is 4.98 Å². The monoisotopic (exact) mass is 304 g/mol. The maximum absolute atomic E-state index is 6.35. The molecule has 21 heavy (non-hydrogen) atoms. The molecule has 0 spiro atoms. The van der Waals surface area contributed by atoms with Gasteiger partial charge in [-0.2, -0.15) is 0 Å². The molecule has 0 aromatic carbocycles. The molecule has 2 N–H and O–H groups in total. The van der Waals surface area contributed by atoms with E-state index in [0.29, 0.717) is 0 Å². The third-order valence-electron chi connectivity index (χ3n) is 4.38. The maximum atomic E-state index is 6.35. The molecule has 6 nitrogen and oxygen atoms in total. The normalized spacial score (nSPS) is 23.8. The lowest BCUT2D eigenvalue weighted by atomic mass is 9.77. The summed E-state index contributed by atoms with van der Waals surface area (Å²) in [6.07, 6.45) is 3.87. The Labute approximate surface area is 128 Å². The van der Waals surface area contributed by atoms with Crippen molar-refractivity contribution in [2.75, 3.05) is 11.4 Å². The predicted octanol–water partition coefficient (Wildman–Crippen LogP) is 1.73. The molecular weight excluding hydrogens is 284 g/mol. The van der Waals surface area contributed by atoms with E-state index in [1.165, 1.54) is 10.6 Å². The second-order valence-electron chi connectivity index (χ2n) is 6.82. The van der Waals surface area contributed by atoms with Crippen LogP contribution in [-0.2, 0) is 19.5 Å². The van der Waals surface area contributed by atoms with E-state index in [1.54, 1.807) is 17.7 Å². The van der Waals surface area contributed by atoms with Crippen LogP contribution in [0.25, 0.3) is 0 Å². The Hall–Kier alpha value is -1.47. The summed E-state index contributed by atoms with van der Waals surface area (Å²) in [5.74, 6) is 1.01. The van der Waals surface area contributed by atoms with Gasteiger partial charge >= 0.3 is 0 Å². The standard InChI is InChI=1S/C14H20N6S/c1-14(2)5-9(15)12-10(6-14)17-13(21-12)19-3-4-20-8-16-18-11(20)7-19/h8-9H,3-7,15H2,1-2H3. The van der Waals surface area contributed by atoms with Gasteiger partial charge in [-0.1, -0.05) is 25.2 Å². The van der Waals surface area contributed by atoms with Crippen LogP contribution in [0.2, 0.25) is 0 Å². The Morgan fingerprint density at radius 1 is 1.38 bits per heavy atom. The minimum Gasteiger partial charge on any atom is -0.339 e. The van der Waals surface area contributed by atoms with Crippen molar-refractivity contribution in [2.24, 2.45) is 11.1 Å². The molecule has 2 aromatic heterocycles. The molecule has 1 aliphatic carbocycles. The van der Waals surface area contributed by atoms with Crippen LogP contribution in [-0.4, -0.2) is 26.3 Å². The van der Waals surface area contributed by atoms with E-state index in [2.05, 4.69) is 33.5 Å². The molecule has 2 aliphatic rings. The van der Waals surface area contributed by atoms with Crippen molar-refractivity contribution in [1.29, 1.82) is 0 Å². The Morgan fingerprint density at radius 3 is 3.10 bits per heavy atom. The summed E-state index contributed by atoms with van der Waals surface area (Å²) in [6.45, 7) is 7.21. The lowest BCUT2D eigenvalue weighted by Gasteiger charge is -2.32. The molecule has 0 radical (unpaired) electrons. The van der Waals surface area contributed by atoms with Crippen molar-refractivity contribution in [2.45, 2.75) is 45.8 Å². The minimum atomic E-state index is 0.128. The van der Waals surface area contributed by atoms with Crippen LogP contribution >= 0.6 is 11.3 Å². The summed E-state index contributed by atoms with van der Waals surface area (Å²) < 4.78 is 2.11. The molecule has 1 unspecified atom stereocenters. The molecule has 0 saturated heterocycles. The van der Waals surface area contributed by atoms with E-state index in [9.17, 15) is 0 Å². The average molecular weight is 304 g/mol. The number of nitrogens with two attached hydrogens (primary N) is 1. The van der Waals surface area contributed by atoms with E-state index in [4.69, 9.17) is 10.7 Å².